The molecule has 28 heavy (non-hydrogen) atoms. The highest BCUT2D eigenvalue weighted by Crippen LogP contribution is 2.26. The Morgan fingerprint density at radius 2 is 2.11 bits per heavy atom. The van der Waals surface area contributed by atoms with Gasteiger partial charge in [0.05, 0.1) is 19.9 Å². The van der Waals surface area contributed by atoms with Gasteiger partial charge in [-0.1, -0.05) is 0 Å². The first kappa shape index (κ1) is 21.5. The largest absolute Gasteiger partial charge is 0.497 e. The molecule has 154 valence electrons. The summed E-state index contributed by atoms with van der Waals surface area (Å²) in [4.78, 5) is 4.47. The van der Waals surface area contributed by atoms with Crippen LogP contribution < -0.4 is 20.1 Å². The molecule has 0 unspecified atom stereocenters. The topological polar surface area (TPSA) is 83.6 Å². The van der Waals surface area contributed by atoms with Gasteiger partial charge in [-0.05, 0) is 50.5 Å². The number of alkyl halides is 2. The molecule has 0 fully saturated rings. The van der Waals surface area contributed by atoms with Crippen molar-refractivity contribution < 1.29 is 18.3 Å². The van der Waals surface area contributed by atoms with Crippen molar-refractivity contribution in [2.24, 2.45) is 4.99 Å². The summed E-state index contributed by atoms with van der Waals surface area (Å²) < 4.78 is 35.0. The number of methoxy groups -OCH3 is 1. The number of halogens is 2. The second-order valence-corrected chi connectivity index (χ2v) is 6.10. The molecule has 0 atom stereocenters. The minimum Gasteiger partial charge on any atom is -0.497 e. The maximum Gasteiger partial charge on any atom is 0.387 e. The fraction of sp³-hybridized carbons (Fsp3) is 0.474. The number of hydrogen-bond acceptors (Lipinski definition) is 4. The normalized spacial score (nSPS) is 11.6. The Morgan fingerprint density at radius 1 is 1.29 bits per heavy atom. The molecule has 0 aliphatic carbocycles. The molecule has 0 amide bonds. The Balaban J connectivity index is 1.98. The number of aromatic nitrogens is 2. The van der Waals surface area contributed by atoms with Crippen molar-refractivity contribution in [3.05, 3.63) is 41.2 Å². The summed E-state index contributed by atoms with van der Waals surface area (Å²) in [7, 11) is 1.52. The highest BCUT2D eigenvalue weighted by atomic mass is 19.3. The van der Waals surface area contributed by atoms with Crippen LogP contribution in [0.15, 0.2) is 29.4 Å². The number of rotatable bonds is 10. The van der Waals surface area contributed by atoms with E-state index in [0.717, 1.165) is 25.1 Å². The van der Waals surface area contributed by atoms with E-state index in [1.165, 1.54) is 18.7 Å². The van der Waals surface area contributed by atoms with Crippen LogP contribution in [-0.4, -0.2) is 43.0 Å². The van der Waals surface area contributed by atoms with Crippen molar-refractivity contribution in [2.45, 2.75) is 39.8 Å². The van der Waals surface area contributed by atoms with E-state index in [-0.39, 0.29) is 12.3 Å². The third-order valence-electron chi connectivity index (χ3n) is 4.09. The van der Waals surface area contributed by atoms with Crippen molar-refractivity contribution in [1.29, 1.82) is 0 Å². The van der Waals surface area contributed by atoms with Crippen LogP contribution >= 0.6 is 0 Å². The summed E-state index contributed by atoms with van der Waals surface area (Å²) in [5.41, 5.74) is 2.78. The van der Waals surface area contributed by atoms with Gasteiger partial charge in [0.2, 0.25) is 0 Å². The molecule has 0 radical (unpaired) electrons. The molecule has 0 bridgehead atoms. The number of nitrogens with one attached hydrogen (secondary N) is 3. The van der Waals surface area contributed by atoms with Gasteiger partial charge in [-0.15, -0.1) is 0 Å². The number of ether oxygens (including phenoxy) is 2. The van der Waals surface area contributed by atoms with Crippen LogP contribution in [-0.2, 0) is 13.0 Å². The molecular formula is C19H27F2N5O2. The van der Waals surface area contributed by atoms with Gasteiger partial charge in [0, 0.05) is 24.3 Å². The highest BCUT2D eigenvalue weighted by Gasteiger charge is 2.11. The van der Waals surface area contributed by atoms with Gasteiger partial charge in [0.15, 0.2) is 5.96 Å². The number of nitrogens with zero attached hydrogens (tertiary/aromatic N) is 2. The summed E-state index contributed by atoms with van der Waals surface area (Å²) >= 11 is 0. The number of benzene rings is 1. The monoisotopic (exact) mass is 395 g/mol. The van der Waals surface area contributed by atoms with Gasteiger partial charge in [0.1, 0.15) is 11.5 Å². The lowest BCUT2D eigenvalue weighted by Crippen LogP contribution is -2.37. The van der Waals surface area contributed by atoms with Crippen LogP contribution in [0.3, 0.4) is 0 Å². The molecule has 9 heteroatoms. The van der Waals surface area contributed by atoms with Gasteiger partial charge >= 0.3 is 6.61 Å². The van der Waals surface area contributed by atoms with Gasteiger partial charge in [-0.3, -0.25) is 5.10 Å². The van der Waals surface area contributed by atoms with E-state index in [4.69, 9.17) is 4.74 Å². The van der Waals surface area contributed by atoms with E-state index in [1.807, 2.05) is 20.0 Å². The summed E-state index contributed by atoms with van der Waals surface area (Å²) in [6.07, 6.45) is 3.64. The Bertz CT molecular complexity index is 765. The maximum absolute atomic E-state index is 12.6. The van der Waals surface area contributed by atoms with Gasteiger partial charge in [-0.2, -0.15) is 13.9 Å². The van der Waals surface area contributed by atoms with Crippen molar-refractivity contribution in [3.8, 4) is 11.5 Å². The summed E-state index contributed by atoms with van der Waals surface area (Å²) in [5, 5.41) is 13.3. The minimum absolute atomic E-state index is 0.0887. The van der Waals surface area contributed by atoms with Crippen LogP contribution in [0.4, 0.5) is 8.78 Å². The zero-order valence-corrected chi connectivity index (χ0v) is 16.4. The molecule has 0 aliphatic rings. The van der Waals surface area contributed by atoms with Crippen LogP contribution in [0.1, 0.15) is 30.2 Å². The number of guanidine groups is 1. The molecule has 7 nitrogen and oxygen atoms in total. The first-order chi connectivity index (χ1) is 13.5. The number of aliphatic imine (C=N–C) groups is 1. The predicted octanol–water partition coefficient (Wildman–Crippen LogP) is 3.02. The number of hydrogen-bond donors (Lipinski definition) is 3. The van der Waals surface area contributed by atoms with Gasteiger partial charge < -0.3 is 20.1 Å². The quantitative estimate of drug-likeness (QED) is 0.327. The van der Waals surface area contributed by atoms with E-state index in [9.17, 15) is 8.78 Å². The third kappa shape index (κ3) is 6.71. The van der Waals surface area contributed by atoms with Crippen molar-refractivity contribution in [2.75, 3.05) is 20.2 Å². The fourth-order valence-electron chi connectivity index (χ4n) is 2.64. The first-order valence-electron chi connectivity index (χ1n) is 9.16. The smallest absolute Gasteiger partial charge is 0.387 e. The van der Waals surface area contributed by atoms with E-state index in [0.29, 0.717) is 23.8 Å². The van der Waals surface area contributed by atoms with E-state index >= 15 is 0 Å². The zero-order valence-electron chi connectivity index (χ0n) is 16.4. The lowest BCUT2D eigenvalue weighted by Gasteiger charge is -2.13. The molecule has 1 heterocycles. The lowest BCUT2D eigenvalue weighted by atomic mass is 10.1. The molecule has 0 saturated carbocycles. The molecule has 2 rings (SSSR count). The standard InChI is InChI=1S/C19H27F2N5O2/c1-4-22-19(23-9-5-6-14-12-25-26-13(14)2)24-11-15-10-16(27-3)7-8-17(15)28-18(20)21/h7-8,10,12,18H,4-6,9,11H2,1-3H3,(H,25,26)(H2,22,23,24). The average molecular weight is 395 g/mol. The summed E-state index contributed by atoms with van der Waals surface area (Å²) in [5.74, 6) is 1.25. The Kier molecular flexibility index (Phi) is 8.51. The second-order valence-electron chi connectivity index (χ2n) is 6.10. The number of aromatic amines is 1. The van der Waals surface area contributed by atoms with Gasteiger partial charge in [-0.25, -0.2) is 4.99 Å². The highest BCUT2D eigenvalue weighted by molar-refractivity contribution is 5.79. The van der Waals surface area contributed by atoms with Crippen molar-refractivity contribution >= 4 is 5.96 Å². The summed E-state index contributed by atoms with van der Waals surface area (Å²) in [6, 6.07) is 4.68. The molecule has 0 spiro atoms. The lowest BCUT2D eigenvalue weighted by molar-refractivity contribution is -0.0504. The Labute approximate surface area is 163 Å². The Hall–Kier alpha value is -2.84. The van der Waals surface area contributed by atoms with Crippen molar-refractivity contribution in [3.63, 3.8) is 0 Å². The van der Waals surface area contributed by atoms with Crippen LogP contribution in [0.2, 0.25) is 0 Å². The number of H-pyrrole nitrogens is 1. The van der Waals surface area contributed by atoms with Crippen LogP contribution in [0.25, 0.3) is 0 Å². The molecule has 1 aromatic heterocycles. The Morgan fingerprint density at radius 3 is 2.75 bits per heavy atom. The fourth-order valence-corrected chi connectivity index (χ4v) is 2.64. The third-order valence-corrected chi connectivity index (χ3v) is 4.09. The number of aryl methyl sites for hydroxylation is 2. The molecule has 3 N–H and O–H groups in total. The zero-order chi connectivity index (χ0) is 20.4. The van der Waals surface area contributed by atoms with E-state index in [2.05, 4.69) is 30.6 Å². The predicted molar refractivity (Wildman–Crippen MR) is 104 cm³/mol. The molecule has 0 aliphatic heterocycles. The first-order valence-corrected chi connectivity index (χ1v) is 9.16. The van der Waals surface area contributed by atoms with E-state index in [1.54, 1.807) is 12.1 Å². The van der Waals surface area contributed by atoms with Gasteiger partial charge in [0.25, 0.3) is 0 Å². The minimum atomic E-state index is -2.89. The molecule has 2 aromatic rings. The van der Waals surface area contributed by atoms with Crippen LogP contribution in [0, 0.1) is 6.92 Å². The summed E-state index contributed by atoms with van der Waals surface area (Å²) in [6.45, 7) is 2.64. The van der Waals surface area contributed by atoms with E-state index < -0.39 is 6.61 Å². The second kappa shape index (κ2) is 11.1. The molecule has 0 saturated heterocycles. The molecule has 1 aromatic carbocycles. The maximum atomic E-state index is 12.6. The SMILES string of the molecule is CCNC(=NCc1cc(OC)ccc1OC(F)F)NCCCc1cn[nH]c1C. The van der Waals surface area contributed by atoms with Crippen molar-refractivity contribution in [1.82, 2.24) is 20.8 Å². The average Bonchev–Trinajstić information content (AvgIpc) is 3.08. The molecular weight excluding hydrogens is 368 g/mol. The van der Waals surface area contributed by atoms with Crippen LogP contribution in [0.5, 0.6) is 11.5 Å².